The molecule has 0 aromatic rings. The zero-order valence-electron chi connectivity index (χ0n) is 7.46. The third-order valence-electron chi connectivity index (χ3n) is 1.08. The molecule has 0 aliphatic heterocycles. The average Bonchev–Trinajstić information content (AvgIpc) is 2.12. The van der Waals surface area contributed by atoms with Gasteiger partial charge in [-0.3, -0.25) is 4.84 Å². The number of hydroxylamine groups is 2. The highest BCUT2D eigenvalue weighted by Crippen LogP contribution is 1.98. The van der Waals surface area contributed by atoms with E-state index in [9.17, 15) is 4.79 Å². The largest absolute Gasteiger partial charge is 0.448 e. The Morgan fingerprint density at radius 3 is 2.77 bits per heavy atom. The molecule has 13 heavy (non-hydrogen) atoms. The molecular formula is C7H13BrClNO3. The van der Waals surface area contributed by atoms with Crippen molar-refractivity contribution in [3.63, 3.8) is 0 Å². The molecule has 0 saturated carbocycles. The van der Waals surface area contributed by atoms with Gasteiger partial charge in [0.1, 0.15) is 0 Å². The van der Waals surface area contributed by atoms with Gasteiger partial charge in [0.2, 0.25) is 0 Å². The molecule has 78 valence electrons. The van der Waals surface area contributed by atoms with Crippen LogP contribution in [0, 0.1) is 0 Å². The molecule has 0 heterocycles. The first kappa shape index (κ1) is 13.0. The molecule has 0 rings (SSSR count). The summed E-state index contributed by atoms with van der Waals surface area (Å²) in [4.78, 5) is 16.2. The maximum absolute atomic E-state index is 11.2. The van der Waals surface area contributed by atoms with Crippen LogP contribution in [0.15, 0.2) is 0 Å². The molecule has 0 aliphatic carbocycles. The summed E-state index contributed by atoms with van der Waals surface area (Å²) in [5.74, 6) is 0.345. The fourth-order valence-corrected chi connectivity index (χ4v) is 1.02. The van der Waals surface area contributed by atoms with Gasteiger partial charge >= 0.3 is 6.09 Å². The van der Waals surface area contributed by atoms with E-state index in [1.165, 1.54) is 0 Å². The lowest BCUT2D eigenvalue weighted by molar-refractivity contribution is -0.126. The fourth-order valence-electron chi connectivity index (χ4n) is 0.625. The minimum absolute atomic E-state index is 0.299. The van der Waals surface area contributed by atoms with E-state index in [4.69, 9.17) is 21.2 Å². The van der Waals surface area contributed by atoms with Gasteiger partial charge in [0, 0.05) is 11.2 Å². The van der Waals surface area contributed by atoms with E-state index in [1.54, 1.807) is 6.92 Å². The number of carbonyl (C=O) groups excluding carboxylic acids is 1. The summed E-state index contributed by atoms with van der Waals surface area (Å²) < 4.78 is 4.75. The minimum Gasteiger partial charge on any atom is -0.448 e. The number of amides is 1. The average molecular weight is 275 g/mol. The molecule has 0 saturated heterocycles. The fraction of sp³-hybridized carbons (Fsp3) is 0.857. The van der Waals surface area contributed by atoms with Crippen LogP contribution in [0.5, 0.6) is 0 Å². The number of ether oxygens (including phenoxy) is 1. The zero-order valence-corrected chi connectivity index (χ0v) is 9.81. The van der Waals surface area contributed by atoms with Crippen LogP contribution in [0.4, 0.5) is 4.79 Å². The second kappa shape index (κ2) is 8.59. The van der Waals surface area contributed by atoms with E-state index in [2.05, 4.69) is 15.9 Å². The topological polar surface area (TPSA) is 38.8 Å². The van der Waals surface area contributed by atoms with E-state index in [1.807, 2.05) is 0 Å². The summed E-state index contributed by atoms with van der Waals surface area (Å²) in [6.45, 7) is 2.82. The standard InChI is InChI=1S/C7H13BrClNO3/c1-2-12-7(11)10(5-3-8)13-6-4-9/h2-6H2,1H3. The SMILES string of the molecule is CCOC(=O)N(CCBr)OCCCl. The van der Waals surface area contributed by atoms with Crippen LogP contribution in [0.1, 0.15) is 6.92 Å². The van der Waals surface area contributed by atoms with Crippen molar-refractivity contribution in [2.75, 3.05) is 31.0 Å². The van der Waals surface area contributed by atoms with E-state index in [-0.39, 0.29) is 0 Å². The zero-order chi connectivity index (χ0) is 10.1. The summed E-state index contributed by atoms with van der Waals surface area (Å²) in [5, 5.41) is 1.79. The monoisotopic (exact) mass is 273 g/mol. The Kier molecular flexibility index (Phi) is 8.59. The van der Waals surface area contributed by atoms with Gasteiger partial charge < -0.3 is 4.74 Å². The molecular weight excluding hydrogens is 261 g/mol. The summed E-state index contributed by atoms with van der Waals surface area (Å²) in [7, 11) is 0. The molecule has 0 bridgehead atoms. The highest BCUT2D eigenvalue weighted by molar-refractivity contribution is 9.09. The first-order chi connectivity index (χ1) is 6.26. The summed E-state index contributed by atoms with van der Waals surface area (Å²) >= 11 is 8.61. The molecule has 0 aromatic heterocycles. The second-order valence-corrected chi connectivity index (χ2v) is 3.18. The molecule has 4 nitrogen and oxygen atoms in total. The van der Waals surface area contributed by atoms with Gasteiger partial charge in [0.05, 0.1) is 19.8 Å². The van der Waals surface area contributed by atoms with E-state index < -0.39 is 6.09 Å². The molecule has 0 fully saturated rings. The van der Waals surface area contributed by atoms with Crippen molar-refractivity contribution >= 4 is 33.6 Å². The Balaban J connectivity index is 3.83. The predicted octanol–water partition coefficient (Wildman–Crippen LogP) is 2.01. The molecule has 6 heteroatoms. The third-order valence-corrected chi connectivity index (χ3v) is 1.59. The van der Waals surface area contributed by atoms with Crippen molar-refractivity contribution in [1.82, 2.24) is 5.06 Å². The number of hydrogen-bond donors (Lipinski definition) is 0. The van der Waals surface area contributed by atoms with E-state index >= 15 is 0 Å². The summed E-state index contributed by atoms with van der Waals surface area (Å²) in [6, 6.07) is 0. The number of carbonyl (C=O) groups is 1. The van der Waals surface area contributed by atoms with Gasteiger partial charge in [-0.25, -0.2) is 4.79 Å². The molecule has 0 unspecified atom stereocenters. The second-order valence-electron chi connectivity index (χ2n) is 2.01. The first-order valence-electron chi connectivity index (χ1n) is 3.95. The Labute approximate surface area is 91.2 Å². The van der Waals surface area contributed by atoms with Crippen LogP contribution < -0.4 is 0 Å². The highest BCUT2D eigenvalue weighted by atomic mass is 79.9. The van der Waals surface area contributed by atoms with Crippen LogP contribution in [0.2, 0.25) is 0 Å². The first-order valence-corrected chi connectivity index (χ1v) is 5.61. The summed E-state index contributed by atoms with van der Waals surface area (Å²) in [6.07, 6.45) is -0.480. The Bertz CT molecular complexity index is 148. The Morgan fingerprint density at radius 1 is 1.62 bits per heavy atom. The van der Waals surface area contributed by atoms with Crippen molar-refractivity contribution in [3.05, 3.63) is 0 Å². The number of nitrogens with zero attached hydrogens (tertiary/aromatic N) is 1. The van der Waals surface area contributed by atoms with Crippen LogP contribution in [-0.2, 0) is 9.57 Å². The maximum Gasteiger partial charge on any atom is 0.433 e. The quantitative estimate of drug-likeness (QED) is 0.549. The Morgan fingerprint density at radius 2 is 2.31 bits per heavy atom. The molecule has 0 aromatic carbocycles. The maximum atomic E-state index is 11.2. The van der Waals surface area contributed by atoms with Gasteiger partial charge in [-0.2, -0.15) is 5.06 Å². The molecule has 0 aliphatic rings. The molecule has 0 radical (unpaired) electrons. The van der Waals surface area contributed by atoms with Crippen molar-refractivity contribution in [2.45, 2.75) is 6.92 Å². The van der Waals surface area contributed by atoms with Crippen molar-refractivity contribution < 1.29 is 14.4 Å². The van der Waals surface area contributed by atoms with Gasteiger partial charge in [-0.15, -0.1) is 11.6 Å². The van der Waals surface area contributed by atoms with Crippen LogP contribution >= 0.6 is 27.5 Å². The molecule has 0 atom stereocenters. The van der Waals surface area contributed by atoms with Gasteiger partial charge in [0.15, 0.2) is 0 Å². The van der Waals surface area contributed by atoms with Crippen molar-refractivity contribution in [3.8, 4) is 0 Å². The molecule has 1 amide bonds. The van der Waals surface area contributed by atoms with Crippen LogP contribution in [0.3, 0.4) is 0 Å². The van der Waals surface area contributed by atoms with Crippen LogP contribution in [0.25, 0.3) is 0 Å². The summed E-state index contributed by atoms with van der Waals surface area (Å²) in [5.41, 5.74) is 0. The number of rotatable bonds is 6. The number of alkyl halides is 2. The van der Waals surface area contributed by atoms with Gasteiger partial charge in [-0.1, -0.05) is 15.9 Å². The van der Waals surface area contributed by atoms with E-state index in [0.717, 1.165) is 5.06 Å². The molecule has 0 N–H and O–H groups in total. The lowest BCUT2D eigenvalue weighted by Gasteiger charge is -2.19. The lowest BCUT2D eigenvalue weighted by Crippen LogP contribution is -2.34. The van der Waals surface area contributed by atoms with Crippen LogP contribution in [-0.4, -0.2) is 42.1 Å². The predicted molar refractivity (Wildman–Crippen MR) is 54.2 cm³/mol. The Hall–Kier alpha value is 0. The van der Waals surface area contributed by atoms with Gasteiger partial charge in [-0.05, 0) is 6.92 Å². The smallest absolute Gasteiger partial charge is 0.433 e. The van der Waals surface area contributed by atoms with Crippen molar-refractivity contribution in [2.24, 2.45) is 0 Å². The third kappa shape index (κ3) is 6.12. The molecule has 0 spiro atoms. The van der Waals surface area contributed by atoms with Crippen molar-refractivity contribution in [1.29, 1.82) is 0 Å². The number of hydrogen-bond acceptors (Lipinski definition) is 3. The highest BCUT2D eigenvalue weighted by Gasteiger charge is 2.13. The minimum atomic E-state index is -0.480. The lowest BCUT2D eigenvalue weighted by atomic mass is 10.7. The van der Waals surface area contributed by atoms with Gasteiger partial charge in [0.25, 0.3) is 0 Å². The van der Waals surface area contributed by atoms with E-state index in [0.29, 0.717) is 31.0 Å². The normalized spacial score (nSPS) is 9.77. The number of halogens is 2.